The maximum Gasteiger partial charge on any atom is 0.254 e. The highest BCUT2D eigenvalue weighted by Gasteiger charge is 2.16. The van der Waals surface area contributed by atoms with E-state index in [2.05, 4.69) is 0 Å². The Labute approximate surface area is 106 Å². The second-order valence-electron chi connectivity index (χ2n) is 4.11. The Hall–Kier alpha value is -1.75. The Balaban J connectivity index is 2.86. The van der Waals surface area contributed by atoms with Crippen molar-refractivity contribution in [1.29, 1.82) is 0 Å². The van der Waals surface area contributed by atoms with Crippen LogP contribution in [0.25, 0.3) is 0 Å². The van der Waals surface area contributed by atoms with Crippen molar-refractivity contribution in [3.8, 4) is 11.5 Å². The zero-order valence-corrected chi connectivity index (χ0v) is 10.5. The number of nitrogens with zero attached hydrogens (tertiary/aromatic N) is 1. The van der Waals surface area contributed by atoms with E-state index in [0.29, 0.717) is 6.54 Å². The van der Waals surface area contributed by atoms with Gasteiger partial charge in [0.05, 0.1) is 6.61 Å². The lowest BCUT2D eigenvalue weighted by molar-refractivity contribution is 0.0718. The molecule has 0 fully saturated rings. The average molecular weight is 253 g/mol. The normalized spacial score (nSPS) is 10.3. The third kappa shape index (κ3) is 3.92. The molecule has 3 N–H and O–H groups in total. The zero-order chi connectivity index (χ0) is 13.5. The van der Waals surface area contributed by atoms with Crippen LogP contribution >= 0.6 is 0 Å². The van der Waals surface area contributed by atoms with E-state index in [-0.39, 0.29) is 36.1 Å². The quantitative estimate of drug-likeness (QED) is 0.714. The molecule has 0 aliphatic rings. The fourth-order valence-electron chi connectivity index (χ4n) is 1.69. The Morgan fingerprint density at radius 1 is 1.17 bits per heavy atom. The number of amides is 1. The number of benzene rings is 1. The van der Waals surface area contributed by atoms with Crippen LogP contribution < -0.4 is 0 Å². The molecule has 1 aromatic rings. The molecule has 0 aromatic heterocycles. The summed E-state index contributed by atoms with van der Waals surface area (Å²) in [5.41, 5.74) is 0.219. The number of hydrogen-bond donors (Lipinski definition) is 3. The van der Waals surface area contributed by atoms with Gasteiger partial charge < -0.3 is 20.2 Å². The molecule has 0 aliphatic carbocycles. The fraction of sp³-hybridized carbons (Fsp3) is 0.462. The maximum absolute atomic E-state index is 12.1. The van der Waals surface area contributed by atoms with Crippen LogP contribution in [0, 0.1) is 0 Å². The lowest BCUT2D eigenvalue weighted by Gasteiger charge is -2.21. The third-order valence-electron chi connectivity index (χ3n) is 2.59. The summed E-state index contributed by atoms with van der Waals surface area (Å²) in [6.07, 6.45) is 1.79. The van der Waals surface area contributed by atoms with Gasteiger partial charge in [-0.05, 0) is 18.6 Å². The van der Waals surface area contributed by atoms with Crippen LogP contribution in [0.2, 0.25) is 0 Å². The fourth-order valence-corrected chi connectivity index (χ4v) is 1.69. The van der Waals surface area contributed by atoms with Gasteiger partial charge in [0.15, 0.2) is 0 Å². The van der Waals surface area contributed by atoms with Gasteiger partial charge in [-0.2, -0.15) is 0 Å². The molecule has 100 valence electrons. The second kappa shape index (κ2) is 6.86. The highest BCUT2D eigenvalue weighted by Crippen LogP contribution is 2.21. The van der Waals surface area contributed by atoms with Gasteiger partial charge in [-0.3, -0.25) is 4.79 Å². The van der Waals surface area contributed by atoms with E-state index in [0.717, 1.165) is 12.8 Å². The molecule has 0 aliphatic heterocycles. The Morgan fingerprint density at radius 3 is 2.28 bits per heavy atom. The number of hydrogen-bond acceptors (Lipinski definition) is 4. The molecular formula is C13H19NO4. The van der Waals surface area contributed by atoms with Crippen LogP contribution in [0.5, 0.6) is 11.5 Å². The number of phenols is 2. The second-order valence-corrected chi connectivity index (χ2v) is 4.11. The van der Waals surface area contributed by atoms with Crippen LogP contribution in [0.1, 0.15) is 30.1 Å². The first-order valence-electron chi connectivity index (χ1n) is 6.01. The van der Waals surface area contributed by atoms with Crippen LogP contribution in [-0.2, 0) is 0 Å². The van der Waals surface area contributed by atoms with Gasteiger partial charge in [0, 0.05) is 24.7 Å². The minimum atomic E-state index is -0.302. The largest absolute Gasteiger partial charge is 0.508 e. The number of carbonyl (C=O) groups excluding carboxylic acids is 1. The van der Waals surface area contributed by atoms with E-state index in [9.17, 15) is 15.0 Å². The van der Waals surface area contributed by atoms with Crippen molar-refractivity contribution in [1.82, 2.24) is 4.90 Å². The third-order valence-corrected chi connectivity index (χ3v) is 2.59. The molecular weight excluding hydrogens is 234 g/mol. The van der Waals surface area contributed by atoms with E-state index in [1.807, 2.05) is 6.92 Å². The Bertz CT molecular complexity index is 386. The van der Waals surface area contributed by atoms with Crippen LogP contribution in [-0.4, -0.2) is 45.8 Å². The molecule has 0 heterocycles. The van der Waals surface area contributed by atoms with Gasteiger partial charge in [0.2, 0.25) is 0 Å². The van der Waals surface area contributed by atoms with E-state index >= 15 is 0 Å². The summed E-state index contributed by atoms with van der Waals surface area (Å²) in [6, 6.07) is 3.77. The van der Waals surface area contributed by atoms with Crippen molar-refractivity contribution in [2.24, 2.45) is 0 Å². The molecule has 0 atom stereocenters. The summed E-state index contributed by atoms with van der Waals surface area (Å²) < 4.78 is 0. The highest BCUT2D eigenvalue weighted by atomic mass is 16.3. The standard InChI is InChI=1S/C13H19NO4/c1-2-3-4-14(5-6-15)13(18)10-7-11(16)9-12(17)8-10/h7-9,15-17H,2-6H2,1H3. The van der Waals surface area contributed by atoms with Crippen molar-refractivity contribution in [3.63, 3.8) is 0 Å². The molecule has 0 spiro atoms. The van der Waals surface area contributed by atoms with Gasteiger partial charge in [-0.15, -0.1) is 0 Å². The number of aromatic hydroxyl groups is 2. The minimum absolute atomic E-state index is 0.111. The van der Waals surface area contributed by atoms with Crippen LogP contribution in [0.4, 0.5) is 0 Å². The SMILES string of the molecule is CCCCN(CCO)C(=O)c1cc(O)cc(O)c1. The molecule has 0 radical (unpaired) electrons. The number of aliphatic hydroxyl groups is 1. The molecule has 1 aromatic carbocycles. The van der Waals surface area contributed by atoms with Gasteiger partial charge >= 0.3 is 0 Å². The van der Waals surface area contributed by atoms with Crippen LogP contribution in [0.15, 0.2) is 18.2 Å². The van der Waals surface area contributed by atoms with Crippen molar-refractivity contribution in [3.05, 3.63) is 23.8 Å². The summed E-state index contributed by atoms with van der Waals surface area (Å²) in [6.45, 7) is 2.70. The predicted molar refractivity (Wildman–Crippen MR) is 67.7 cm³/mol. The van der Waals surface area contributed by atoms with Gasteiger partial charge in [0.1, 0.15) is 11.5 Å². The summed E-state index contributed by atoms with van der Waals surface area (Å²) in [4.78, 5) is 13.6. The highest BCUT2D eigenvalue weighted by molar-refractivity contribution is 5.95. The number of carbonyl (C=O) groups is 1. The topological polar surface area (TPSA) is 81.0 Å². The minimum Gasteiger partial charge on any atom is -0.508 e. The van der Waals surface area contributed by atoms with E-state index in [1.54, 1.807) is 0 Å². The first-order valence-corrected chi connectivity index (χ1v) is 6.01. The molecule has 0 unspecified atom stereocenters. The zero-order valence-electron chi connectivity index (χ0n) is 10.5. The predicted octanol–water partition coefficient (Wildman–Crippen LogP) is 1.33. The van der Waals surface area contributed by atoms with E-state index in [1.165, 1.54) is 23.1 Å². The van der Waals surface area contributed by atoms with E-state index in [4.69, 9.17) is 5.11 Å². The number of rotatable bonds is 6. The van der Waals surface area contributed by atoms with Crippen molar-refractivity contribution < 1.29 is 20.1 Å². The van der Waals surface area contributed by atoms with Crippen molar-refractivity contribution >= 4 is 5.91 Å². The van der Waals surface area contributed by atoms with Crippen molar-refractivity contribution in [2.45, 2.75) is 19.8 Å². The van der Waals surface area contributed by atoms with E-state index < -0.39 is 0 Å². The molecule has 5 heteroatoms. The van der Waals surface area contributed by atoms with Gasteiger partial charge in [0.25, 0.3) is 5.91 Å². The Kier molecular flexibility index (Phi) is 5.45. The van der Waals surface area contributed by atoms with Gasteiger partial charge in [-0.25, -0.2) is 0 Å². The van der Waals surface area contributed by atoms with Crippen LogP contribution in [0.3, 0.4) is 0 Å². The average Bonchev–Trinajstić information content (AvgIpc) is 2.32. The maximum atomic E-state index is 12.1. The number of phenolic OH excluding ortho intramolecular Hbond substituents is 2. The molecule has 0 saturated carbocycles. The summed E-state index contributed by atoms with van der Waals surface area (Å²) in [7, 11) is 0. The molecule has 5 nitrogen and oxygen atoms in total. The van der Waals surface area contributed by atoms with Crippen molar-refractivity contribution in [2.75, 3.05) is 19.7 Å². The van der Waals surface area contributed by atoms with Gasteiger partial charge in [-0.1, -0.05) is 13.3 Å². The summed E-state index contributed by atoms with van der Waals surface area (Å²) >= 11 is 0. The monoisotopic (exact) mass is 253 g/mol. The smallest absolute Gasteiger partial charge is 0.254 e. The summed E-state index contributed by atoms with van der Waals surface area (Å²) in [5, 5.41) is 27.6. The molecule has 1 amide bonds. The summed E-state index contributed by atoms with van der Waals surface area (Å²) in [5.74, 6) is -0.612. The molecule has 0 saturated heterocycles. The number of aliphatic hydroxyl groups excluding tert-OH is 1. The lowest BCUT2D eigenvalue weighted by Crippen LogP contribution is -2.34. The first kappa shape index (κ1) is 14.3. The first-order chi connectivity index (χ1) is 8.58. The molecule has 1 rings (SSSR count). The molecule has 0 bridgehead atoms. The lowest BCUT2D eigenvalue weighted by atomic mass is 10.1. The number of unbranched alkanes of at least 4 members (excludes halogenated alkanes) is 1. The molecule has 18 heavy (non-hydrogen) atoms. The Morgan fingerprint density at radius 2 is 1.78 bits per heavy atom.